The Bertz CT molecular complexity index is 239. The zero-order valence-electron chi connectivity index (χ0n) is 5.16. The van der Waals surface area contributed by atoms with E-state index in [1.807, 2.05) is 0 Å². The molecule has 0 rings (SSSR count). The van der Waals surface area contributed by atoms with Crippen molar-refractivity contribution in [1.29, 1.82) is 5.26 Å². The van der Waals surface area contributed by atoms with E-state index in [0.717, 1.165) is 6.08 Å². The van der Waals surface area contributed by atoms with Gasteiger partial charge in [0.15, 0.2) is 0 Å². The molecule has 0 fully saturated rings. The number of aliphatic carboxylic acids is 1. The molecule has 0 aromatic carbocycles. The lowest BCUT2D eigenvalue weighted by molar-refractivity contribution is -0.132. The smallest absolute Gasteiger partial charge is 0.333 e. The summed E-state index contributed by atoms with van der Waals surface area (Å²) in [5, 5.41) is 16.4. The molecule has 0 saturated carbocycles. The molecular formula is C7H5NO2. The second-order valence-electron chi connectivity index (χ2n) is 1.48. The fraction of sp³-hybridized carbons (Fsp3) is 0.143. The third-order valence-electron chi connectivity index (χ3n) is 0.806. The predicted molar refractivity (Wildman–Crippen MR) is 34.8 cm³/mol. The van der Waals surface area contributed by atoms with Crippen LogP contribution in [0.1, 0.15) is 6.42 Å². The normalized spacial score (nSPS) is 9.60. The summed E-state index contributed by atoms with van der Waals surface area (Å²) in [6, 6.07) is 1.60. The Morgan fingerprint density at radius 2 is 2.40 bits per heavy atom. The van der Waals surface area contributed by atoms with Gasteiger partial charge in [-0.3, -0.25) is 0 Å². The second-order valence-corrected chi connectivity index (χ2v) is 1.48. The Kier molecular flexibility index (Phi) is 3.44. The topological polar surface area (TPSA) is 61.1 Å². The van der Waals surface area contributed by atoms with Crippen LogP contribution in [0.5, 0.6) is 0 Å². The molecule has 10 heavy (non-hydrogen) atoms. The zero-order chi connectivity index (χ0) is 7.98. The SMILES string of the molecule is C#CCC(=CC#N)C(=O)O. The third-order valence-corrected chi connectivity index (χ3v) is 0.806. The number of hydrogen-bond acceptors (Lipinski definition) is 2. The van der Waals surface area contributed by atoms with Gasteiger partial charge in [-0.05, 0) is 0 Å². The largest absolute Gasteiger partial charge is 0.478 e. The molecule has 0 amide bonds. The van der Waals surface area contributed by atoms with E-state index < -0.39 is 5.97 Å². The third kappa shape index (κ3) is 2.54. The molecule has 3 heteroatoms. The number of carbonyl (C=O) groups is 1. The number of hydrogen-bond donors (Lipinski definition) is 1. The Morgan fingerprint density at radius 1 is 1.80 bits per heavy atom. The summed E-state index contributed by atoms with van der Waals surface area (Å²) in [6.07, 6.45) is 5.76. The van der Waals surface area contributed by atoms with Gasteiger partial charge in [-0.15, -0.1) is 12.3 Å². The van der Waals surface area contributed by atoms with E-state index in [-0.39, 0.29) is 12.0 Å². The van der Waals surface area contributed by atoms with Gasteiger partial charge in [-0.2, -0.15) is 5.26 Å². The number of rotatable bonds is 2. The maximum Gasteiger partial charge on any atom is 0.333 e. The summed E-state index contributed by atoms with van der Waals surface area (Å²) in [6.45, 7) is 0. The minimum Gasteiger partial charge on any atom is -0.478 e. The van der Waals surface area contributed by atoms with Crippen molar-refractivity contribution >= 4 is 5.97 Å². The molecule has 0 heterocycles. The van der Waals surface area contributed by atoms with Crippen LogP contribution in [0, 0.1) is 23.7 Å². The molecule has 50 valence electrons. The predicted octanol–water partition coefficient (Wildman–Crippen LogP) is 0.544. The van der Waals surface area contributed by atoms with Crippen LogP contribution in [0.2, 0.25) is 0 Å². The van der Waals surface area contributed by atoms with Crippen LogP contribution in [0.25, 0.3) is 0 Å². The highest BCUT2D eigenvalue weighted by Crippen LogP contribution is 1.98. The van der Waals surface area contributed by atoms with Crippen LogP contribution < -0.4 is 0 Å². The Labute approximate surface area is 58.6 Å². The highest BCUT2D eigenvalue weighted by atomic mass is 16.4. The van der Waals surface area contributed by atoms with Crippen molar-refractivity contribution in [2.24, 2.45) is 0 Å². The highest BCUT2D eigenvalue weighted by Gasteiger charge is 2.03. The van der Waals surface area contributed by atoms with E-state index in [0.29, 0.717) is 0 Å². The van der Waals surface area contributed by atoms with Gasteiger partial charge in [0.2, 0.25) is 0 Å². The van der Waals surface area contributed by atoms with Crippen molar-refractivity contribution in [2.45, 2.75) is 6.42 Å². The molecule has 0 aromatic heterocycles. The molecule has 0 spiro atoms. The molecule has 0 saturated heterocycles. The zero-order valence-corrected chi connectivity index (χ0v) is 5.16. The lowest BCUT2D eigenvalue weighted by Gasteiger charge is -1.89. The number of carboxylic acid groups (broad SMARTS) is 1. The van der Waals surface area contributed by atoms with Crippen molar-refractivity contribution in [2.75, 3.05) is 0 Å². The number of carboxylic acids is 1. The molecule has 0 aliphatic carbocycles. The molecule has 0 radical (unpaired) electrons. The second kappa shape index (κ2) is 4.17. The molecule has 0 bridgehead atoms. The Morgan fingerprint density at radius 3 is 2.70 bits per heavy atom. The fourth-order valence-electron chi connectivity index (χ4n) is 0.376. The Hall–Kier alpha value is -1.74. The first-order valence-electron chi connectivity index (χ1n) is 2.47. The van der Waals surface area contributed by atoms with Gasteiger partial charge >= 0.3 is 5.97 Å². The molecule has 0 aromatic rings. The van der Waals surface area contributed by atoms with Crippen LogP contribution >= 0.6 is 0 Å². The van der Waals surface area contributed by atoms with Gasteiger partial charge in [0.1, 0.15) is 0 Å². The van der Waals surface area contributed by atoms with Crippen LogP contribution in [-0.2, 0) is 4.79 Å². The van der Waals surface area contributed by atoms with E-state index in [9.17, 15) is 4.79 Å². The maximum atomic E-state index is 10.2. The number of nitriles is 1. The minimum atomic E-state index is -1.14. The monoisotopic (exact) mass is 135 g/mol. The lowest BCUT2D eigenvalue weighted by Crippen LogP contribution is -1.98. The summed E-state index contributed by atoms with van der Waals surface area (Å²) in [5.41, 5.74) is -0.0509. The van der Waals surface area contributed by atoms with E-state index in [2.05, 4.69) is 5.92 Å². The summed E-state index contributed by atoms with van der Waals surface area (Å²) in [4.78, 5) is 10.2. The average molecular weight is 135 g/mol. The molecule has 0 unspecified atom stereocenters. The van der Waals surface area contributed by atoms with Crippen molar-refractivity contribution in [1.82, 2.24) is 0 Å². The molecule has 0 aliphatic heterocycles. The standard InChI is InChI=1S/C7H5NO2/c1-2-3-6(4-5-8)7(9)10/h1,4H,3H2,(H,9,10). The van der Waals surface area contributed by atoms with Gasteiger partial charge in [0.05, 0.1) is 11.6 Å². The quantitative estimate of drug-likeness (QED) is 0.341. The van der Waals surface area contributed by atoms with E-state index in [1.54, 1.807) is 6.07 Å². The summed E-state index contributed by atoms with van der Waals surface area (Å²) in [7, 11) is 0. The van der Waals surface area contributed by atoms with Crippen molar-refractivity contribution < 1.29 is 9.90 Å². The van der Waals surface area contributed by atoms with Crippen LogP contribution in [0.3, 0.4) is 0 Å². The van der Waals surface area contributed by atoms with Gasteiger partial charge in [0.25, 0.3) is 0 Å². The number of terminal acetylenes is 1. The maximum absolute atomic E-state index is 10.2. The molecule has 0 atom stereocenters. The van der Waals surface area contributed by atoms with E-state index in [1.165, 1.54) is 0 Å². The molecular weight excluding hydrogens is 130 g/mol. The van der Waals surface area contributed by atoms with Crippen LogP contribution in [-0.4, -0.2) is 11.1 Å². The van der Waals surface area contributed by atoms with Gasteiger partial charge in [-0.25, -0.2) is 4.79 Å². The Balaban J connectivity index is 4.34. The first-order chi connectivity index (χ1) is 4.72. The number of allylic oxidation sites excluding steroid dienone is 1. The molecule has 3 nitrogen and oxygen atoms in total. The van der Waals surface area contributed by atoms with Gasteiger partial charge in [0, 0.05) is 12.5 Å². The first-order valence-corrected chi connectivity index (χ1v) is 2.47. The van der Waals surface area contributed by atoms with Gasteiger partial charge in [-0.1, -0.05) is 0 Å². The summed E-state index contributed by atoms with van der Waals surface area (Å²) >= 11 is 0. The highest BCUT2D eigenvalue weighted by molar-refractivity contribution is 5.87. The van der Waals surface area contributed by atoms with E-state index in [4.69, 9.17) is 16.8 Å². The van der Waals surface area contributed by atoms with Crippen molar-refractivity contribution in [3.8, 4) is 18.4 Å². The van der Waals surface area contributed by atoms with E-state index >= 15 is 0 Å². The summed E-state index contributed by atoms with van der Waals surface area (Å²) < 4.78 is 0. The van der Waals surface area contributed by atoms with Gasteiger partial charge < -0.3 is 5.11 Å². The van der Waals surface area contributed by atoms with Crippen molar-refractivity contribution in [3.05, 3.63) is 11.6 Å². The fourth-order valence-corrected chi connectivity index (χ4v) is 0.376. The average Bonchev–Trinajstić information content (AvgIpc) is 1.87. The first kappa shape index (κ1) is 8.26. The molecule has 0 aliphatic rings. The lowest BCUT2D eigenvalue weighted by atomic mass is 10.2. The number of nitrogens with zero attached hydrogens (tertiary/aromatic N) is 1. The van der Waals surface area contributed by atoms with Crippen molar-refractivity contribution in [3.63, 3.8) is 0 Å². The van der Waals surface area contributed by atoms with Crippen LogP contribution in [0.4, 0.5) is 0 Å². The van der Waals surface area contributed by atoms with Crippen LogP contribution in [0.15, 0.2) is 11.6 Å². The summed E-state index contributed by atoms with van der Waals surface area (Å²) in [5.74, 6) is 0.994. The molecule has 1 N–H and O–H groups in total. The minimum absolute atomic E-state index is 0.0110.